The van der Waals surface area contributed by atoms with E-state index in [1.807, 2.05) is 0 Å². The number of aliphatic hydroxyl groups is 2. The number of H-pyrrole nitrogens is 1. The van der Waals surface area contributed by atoms with Crippen molar-refractivity contribution >= 4 is 52.6 Å². The van der Waals surface area contributed by atoms with Crippen LogP contribution in [-0.2, 0) is 41.8 Å². The molecule has 4 aromatic rings. The van der Waals surface area contributed by atoms with Gasteiger partial charge in [0.1, 0.15) is 43.4 Å². The van der Waals surface area contributed by atoms with Crippen molar-refractivity contribution in [2.75, 3.05) is 37.9 Å². The third kappa shape index (κ3) is 4.48. The van der Waals surface area contributed by atoms with Crippen molar-refractivity contribution in [2.45, 2.75) is 35.8 Å². The molecule has 232 valence electrons. The van der Waals surface area contributed by atoms with Crippen LogP contribution in [0, 0.1) is 0 Å². The number of nitrogens with one attached hydrogen (secondary N) is 1. The maximum atomic E-state index is 16.1. The lowest BCUT2D eigenvalue weighted by Crippen LogP contribution is -2.54. The van der Waals surface area contributed by atoms with Crippen LogP contribution in [0.3, 0.4) is 0 Å². The lowest BCUT2D eigenvalue weighted by atomic mass is 10.0. The molecule has 2 saturated heterocycles. The van der Waals surface area contributed by atoms with Gasteiger partial charge in [0.05, 0.1) is 25.9 Å². The summed E-state index contributed by atoms with van der Waals surface area (Å²) in [7, 11) is 0. The van der Waals surface area contributed by atoms with E-state index in [0.29, 0.717) is 4.57 Å². The van der Waals surface area contributed by atoms with Crippen LogP contribution in [-0.4, -0.2) is 105 Å². The molecule has 43 heavy (non-hydrogen) atoms. The third-order valence-corrected chi connectivity index (χ3v) is 8.67. The first-order valence-corrected chi connectivity index (χ1v) is 14.8. The van der Waals surface area contributed by atoms with Crippen molar-refractivity contribution in [3.05, 3.63) is 29.3 Å². The number of hydrogen-bond donors (Lipinski definition) is 6. The Hall–Kier alpha value is -3.34. The molecule has 2 aliphatic heterocycles. The van der Waals surface area contributed by atoms with Gasteiger partial charge in [-0.15, -0.1) is 0 Å². The van der Waals surface area contributed by atoms with E-state index in [2.05, 4.69) is 29.9 Å². The lowest BCUT2D eigenvalue weighted by Gasteiger charge is -2.37. The van der Waals surface area contributed by atoms with Gasteiger partial charge >= 0.3 is 12.6 Å². The Bertz CT molecular complexity index is 1830. The summed E-state index contributed by atoms with van der Waals surface area (Å²) < 4.78 is 70.2. The molecule has 0 spiro atoms. The van der Waals surface area contributed by atoms with Crippen LogP contribution < -0.4 is 17.0 Å². The first-order valence-electron chi connectivity index (χ1n) is 12.2. The van der Waals surface area contributed by atoms with E-state index in [9.17, 15) is 19.9 Å². The summed E-state index contributed by atoms with van der Waals surface area (Å²) in [6, 6.07) is 0. The quantitative estimate of drug-likeness (QED) is 0.118. The van der Waals surface area contributed by atoms with Crippen LogP contribution in [0.5, 0.6) is 0 Å². The fourth-order valence-electron chi connectivity index (χ4n) is 4.93. The smallest absolute Gasteiger partial charge is 0.327 e. The van der Waals surface area contributed by atoms with Gasteiger partial charge in [-0.1, -0.05) is 0 Å². The topological polar surface area (TPSA) is 257 Å². The molecule has 0 radical (unpaired) electrons. The van der Waals surface area contributed by atoms with Crippen LogP contribution >= 0.6 is 6.72 Å². The number of ether oxygens (including phenoxy) is 2. The van der Waals surface area contributed by atoms with Crippen LogP contribution in [0.1, 0.15) is 0 Å². The van der Waals surface area contributed by atoms with E-state index >= 15 is 13.2 Å². The minimum Gasteiger partial charge on any atom is -0.393 e. The van der Waals surface area contributed by atoms with E-state index in [1.165, 1.54) is 0 Å². The van der Waals surface area contributed by atoms with Gasteiger partial charge in [-0.25, -0.2) is 24.3 Å². The number of nitrogen functional groups attached to an aromatic ring is 2. The van der Waals surface area contributed by atoms with Gasteiger partial charge in [0.15, 0.2) is 22.6 Å². The second kappa shape index (κ2) is 10.1. The number of fused-ring (bicyclic) bond motifs is 2. The highest BCUT2D eigenvalue weighted by atomic mass is 32.5. The monoisotopic (exact) mass is 650 g/mol. The highest BCUT2D eigenvalue weighted by Gasteiger charge is 2.69. The number of aromatic amines is 1. The van der Waals surface area contributed by atoms with Crippen molar-refractivity contribution in [1.29, 1.82) is 0 Å². The van der Waals surface area contributed by atoms with E-state index in [4.69, 9.17) is 41.8 Å². The fraction of sp³-hybridized carbons (Fsp3) is 0.500. The van der Waals surface area contributed by atoms with Crippen molar-refractivity contribution in [3.8, 4) is 0 Å². The molecule has 0 saturated carbocycles. The second-order valence-corrected chi connectivity index (χ2v) is 12.4. The zero-order valence-electron chi connectivity index (χ0n) is 21.4. The minimum atomic E-state index is -4.77. The van der Waals surface area contributed by atoms with Crippen LogP contribution in [0.2, 0.25) is 0 Å². The Morgan fingerprint density at radius 3 is 2.56 bits per heavy atom. The Morgan fingerprint density at radius 2 is 1.84 bits per heavy atom. The van der Waals surface area contributed by atoms with Crippen molar-refractivity contribution < 1.29 is 46.8 Å². The zero-order chi connectivity index (χ0) is 30.9. The predicted molar refractivity (Wildman–Crippen MR) is 140 cm³/mol. The third-order valence-electron chi connectivity index (χ3n) is 7.12. The van der Waals surface area contributed by atoms with Gasteiger partial charge in [-0.2, -0.15) is 13.8 Å². The van der Waals surface area contributed by atoms with Crippen LogP contribution in [0.15, 0.2) is 23.8 Å². The van der Waals surface area contributed by atoms with E-state index in [0.717, 1.165) is 23.5 Å². The molecule has 6 rings (SSSR count). The molecule has 0 aromatic carbocycles. The number of aliphatic hydroxyl groups excluding tert-OH is 2. The van der Waals surface area contributed by atoms with Crippen molar-refractivity contribution in [2.24, 2.45) is 0 Å². The Morgan fingerprint density at radius 1 is 1.12 bits per heavy atom. The number of aromatic nitrogens is 8. The number of hydrogen-bond acceptors (Lipinski definition) is 15. The molecule has 8 N–H and O–H groups in total. The molecule has 2 aliphatic rings. The number of nitrogens with two attached hydrogens (primary N) is 2. The summed E-state index contributed by atoms with van der Waals surface area (Å²) >= 11 is 5.01. The summed E-state index contributed by atoms with van der Waals surface area (Å²) in [5.41, 5.74) is 6.55. The van der Waals surface area contributed by atoms with Crippen molar-refractivity contribution in [1.82, 2.24) is 39.0 Å². The molecule has 6 atom stereocenters. The first kappa shape index (κ1) is 29.7. The Balaban J connectivity index is 1.28. The fourth-order valence-corrected chi connectivity index (χ4v) is 6.52. The number of imidazole rings is 2. The summed E-state index contributed by atoms with van der Waals surface area (Å²) in [5.74, 6) is -7.25. The average molecular weight is 650 g/mol. The molecule has 1 unspecified atom stereocenters. The van der Waals surface area contributed by atoms with Gasteiger partial charge in [0.25, 0.3) is 5.56 Å². The molecule has 23 heteroatoms. The van der Waals surface area contributed by atoms with Gasteiger partial charge in [-0.3, -0.25) is 23.4 Å². The molecule has 0 amide bonds. The summed E-state index contributed by atoms with van der Waals surface area (Å²) in [6.45, 7) is -8.52. The first-order chi connectivity index (χ1) is 20.2. The molecule has 4 aromatic heterocycles. The minimum absolute atomic E-state index is 0.0306. The highest BCUT2D eigenvalue weighted by Crippen LogP contribution is 2.57. The molecule has 6 heterocycles. The van der Waals surface area contributed by atoms with Crippen LogP contribution in [0.4, 0.5) is 24.9 Å². The second-order valence-electron chi connectivity index (χ2n) is 9.64. The van der Waals surface area contributed by atoms with Gasteiger partial charge in [-0.05, 0) is 11.8 Å². The molecule has 0 aliphatic carbocycles. The normalized spacial score (nSPS) is 30.3. The summed E-state index contributed by atoms with van der Waals surface area (Å²) in [4.78, 5) is 44.7. The SMILES string of the molecule is Nc1nc2c(ncn2[C@]2(OP(O)(=S)OC[C@H]3OC[C@@](F)(n4cnc5c(N)ncnc54)[C@@H]3O)CO[C@H](CO)C2(F)F)c(=O)[nH]1. The average Bonchev–Trinajstić information content (AvgIpc) is 3.68. The van der Waals surface area contributed by atoms with Gasteiger partial charge in [0.2, 0.25) is 17.5 Å². The van der Waals surface area contributed by atoms with Gasteiger partial charge < -0.3 is 40.6 Å². The molecule has 0 bridgehead atoms. The Kier molecular flexibility index (Phi) is 6.98. The maximum Gasteiger partial charge on any atom is 0.327 e. The lowest BCUT2D eigenvalue weighted by molar-refractivity contribution is -0.200. The number of anilines is 2. The number of halogens is 3. The highest BCUT2D eigenvalue weighted by molar-refractivity contribution is 8.07. The van der Waals surface area contributed by atoms with Gasteiger partial charge in [0, 0.05) is 0 Å². The standard InChI is InChI=1S/C20H22F3N10O8PS/c21-18(32-6-28-10-13(24)26-5-27-14(10)32)3-38-8(12(18)35)2-40-42(37,43)41-19(4-39-9(1-34)20(19,22)23)33-7-29-11-15(33)30-17(25)31-16(11)36/h5-9,12,34-35H,1-4H2,(H,37,43)(H2,24,26,27)(H3,25,30,31,36)/t8-,9-,12-,18-,19+,42?/m1/s1. The van der Waals surface area contributed by atoms with E-state index in [-0.39, 0.29) is 17.0 Å². The summed E-state index contributed by atoms with van der Waals surface area (Å²) in [6.07, 6.45) is -2.72. The van der Waals surface area contributed by atoms with Crippen LogP contribution in [0.25, 0.3) is 22.3 Å². The molecule has 18 nitrogen and oxygen atoms in total. The predicted octanol–water partition coefficient (Wildman–Crippen LogP) is -1.56. The van der Waals surface area contributed by atoms with E-state index in [1.54, 1.807) is 0 Å². The number of nitrogens with zero attached hydrogens (tertiary/aromatic N) is 7. The summed E-state index contributed by atoms with van der Waals surface area (Å²) in [5, 5.41) is 20.4. The van der Waals surface area contributed by atoms with E-state index < -0.39 is 91.6 Å². The maximum absolute atomic E-state index is 16.1. The number of alkyl halides is 3. The number of rotatable bonds is 8. The molecular formula is C20H22F3N10O8PS. The molecule has 2 fully saturated rings. The molecular weight excluding hydrogens is 628 g/mol. The Labute approximate surface area is 241 Å². The zero-order valence-corrected chi connectivity index (χ0v) is 23.2. The van der Waals surface area contributed by atoms with Crippen molar-refractivity contribution in [3.63, 3.8) is 0 Å². The largest absolute Gasteiger partial charge is 0.393 e.